The molecule has 1 fully saturated rings. The number of carbonyl (C=O) groups is 1. The van der Waals surface area contributed by atoms with Crippen LogP contribution in [0.25, 0.3) is 22.4 Å². The van der Waals surface area contributed by atoms with Crippen molar-refractivity contribution in [1.29, 1.82) is 0 Å². The van der Waals surface area contributed by atoms with Gasteiger partial charge in [0.2, 0.25) is 5.91 Å². The molecule has 1 saturated heterocycles. The number of ether oxygens (including phenoxy) is 1. The van der Waals surface area contributed by atoms with E-state index in [2.05, 4.69) is 20.4 Å². The van der Waals surface area contributed by atoms with Crippen molar-refractivity contribution in [2.75, 3.05) is 39.4 Å². The van der Waals surface area contributed by atoms with E-state index >= 15 is 0 Å². The zero-order valence-electron chi connectivity index (χ0n) is 15.6. The minimum atomic E-state index is -0.445. The number of hydrogen-bond acceptors (Lipinski definition) is 7. The third kappa shape index (κ3) is 4.33. The van der Waals surface area contributed by atoms with Crippen LogP contribution in [-0.4, -0.2) is 64.9 Å². The van der Waals surface area contributed by atoms with Gasteiger partial charge >= 0.3 is 0 Å². The highest BCUT2D eigenvalue weighted by atomic mass is 19.1. The smallest absolute Gasteiger partial charge is 0.267 e. The summed E-state index contributed by atoms with van der Waals surface area (Å²) >= 11 is 0. The number of fused-ring (bicyclic) bond motifs is 1. The van der Waals surface area contributed by atoms with Crippen molar-refractivity contribution in [3.63, 3.8) is 0 Å². The van der Waals surface area contributed by atoms with Gasteiger partial charge in [0.05, 0.1) is 13.2 Å². The van der Waals surface area contributed by atoms with Crippen molar-refractivity contribution in [1.82, 2.24) is 24.9 Å². The number of amides is 1. The molecule has 0 unspecified atom stereocenters. The van der Waals surface area contributed by atoms with E-state index in [1.165, 1.54) is 35.2 Å². The predicted molar refractivity (Wildman–Crippen MR) is 102 cm³/mol. The van der Waals surface area contributed by atoms with Crippen LogP contribution in [0.2, 0.25) is 0 Å². The molecule has 29 heavy (non-hydrogen) atoms. The van der Waals surface area contributed by atoms with E-state index < -0.39 is 11.4 Å². The summed E-state index contributed by atoms with van der Waals surface area (Å²) in [5.74, 6) is -0.688. The van der Waals surface area contributed by atoms with Gasteiger partial charge in [-0.1, -0.05) is 5.16 Å². The molecular weight excluding hydrogens is 381 g/mol. The molecule has 0 aliphatic carbocycles. The van der Waals surface area contributed by atoms with E-state index in [4.69, 9.17) is 9.26 Å². The SMILES string of the molecule is O=C(Cn1cnc2onc(-c3ccc(F)cc3)c2c1=O)NCCN1CCOCC1. The molecule has 1 N–H and O–H groups in total. The van der Waals surface area contributed by atoms with Crippen molar-refractivity contribution < 1.29 is 18.4 Å². The molecule has 0 radical (unpaired) electrons. The number of nitrogens with one attached hydrogen (secondary N) is 1. The van der Waals surface area contributed by atoms with Crippen molar-refractivity contribution in [2.24, 2.45) is 0 Å². The molecule has 3 heterocycles. The van der Waals surface area contributed by atoms with Gasteiger partial charge in [0.15, 0.2) is 0 Å². The fourth-order valence-corrected chi connectivity index (χ4v) is 3.19. The maximum Gasteiger partial charge on any atom is 0.267 e. The van der Waals surface area contributed by atoms with Gasteiger partial charge in [-0.3, -0.25) is 19.1 Å². The van der Waals surface area contributed by atoms with Crippen molar-refractivity contribution in [2.45, 2.75) is 6.54 Å². The molecule has 152 valence electrons. The van der Waals surface area contributed by atoms with Crippen LogP contribution in [0.15, 0.2) is 39.9 Å². The van der Waals surface area contributed by atoms with Gasteiger partial charge in [0.1, 0.15) is 29.8 Å². The molecule has 3 aromatic rings. The quantitative estimate of drug-likeness (QED) is 0.647. The first-order valence-electron chi connectivity index (χ1n) is 9.29. The highest BCUT2D eigenvalue weighted by Gasteiger charge is 2.18. The number of halogens is 1. The summed E-state index contributed by atoms with van der Waals surface area (Å²) in [6.07, 6.45) is 1.26. The third-order valence-electron chi connectivity index (χ3n) is 4.75. The zero-order chi connectivity index (χ0) is 20.2. The van der Waals surface area contributed by atoms with Crippen LogP contribution in [0.1, 0.15) is 0 Å². The van der Waals surface area contributed by atoms with E-state index in [-0.39, 0.29) is 29.2 Å². The van der Waals surface area contributed by atoms with Gasteiger partial charge in [-0.2, -0.15) is 0 Å². The average Bonchev–Trinajstić information content (AvgIpc) is 3.16. The molecule has 0 spiro atoms. The monoisotopic (exact) mass is 401 g/mol. The highest BCUT2D eigenvalue weighted by molar-refractivity contribution is 5.88. The largest absolute Gasteiger partial charge is 0.379 e. The average molecular weight is 401 g/mol. The normalized spacial score (nSPS) is 14.9. The summed E-state index contributed by atoms with van der Waals surface area (Å²) in [5, 5.41) is 6.85. The van der Waals surface area contributed by atoms with E-state index in [0.29, 0.717) is 25.3 Å². The van der Waals surface area contributed by atoms with E-state index in [0.717, 1.165) is 19.6 Å². The second kappa shape index (κ2) is 8.50. The fourth-order valence-electron chi connectivity index (χ4n) is 3.19. The molecule has 10 heteroatoms. The van der Waals surface area contributed by atoms with E-state index in [1.807, 2.05) is 0 Å². The summed E-state index contributed by atoms with van der Waals surface area (Å²) in [5.41, 5.74) is 0.411. The topological polar surface area (TPSA) is 102 Å². The molecule has 9 nitrogen and oxygen atoms in total. The second-order valence-corrected chi connectivity index (χ2v) is 6.70. The van der Waals surface area contributed by atoms with Gasteiger partial charge < -0.3 is 14.6 Å². The summed E-state index contributed by atoms with van der Waals surface area (Å²) in [6.45, 7) is 4.12. The van der Waals surface area contributed by atoms with Gasteiger partial charge in [-0.25, -0.2) is 9.37 Å². The Morgan fingerprint density at radius 2 is 1.97 bits per heavy atom. The Morgan fingerprint density at radius 3 is 2.72 bits per heavy atom. The van der Waals surface area contributed by atoms with Crippen LogP contribution in [0, 0.1) is 5.82 Å². The molecule has 1 amide bonds. The lowest BCUT2D eigenvalue weighted by Gasteiger charge is -2.26. The van der Waals surface area contributed by atoms with Gasteiger partial charge in [-0.05, 0) is 24.3 Å². The van der Waals surface area contributed by atoms with E-state index in [1.54, 1.807) is 0 Å². The minimum absolute atomic E-state index is 0.0679. The lowest BCUT2D eigenvalue weighted by atomic mass is 10.1. The van der Waals surface area contributed by atoms with Crippen LogP contribution in [-0.2, 0) is 16.1 Å². The van der Waals surface area contributed by atoms with Crippen LogP contribution < -0.4 is 10.9 Å². The zero-order valence-corrected chi connectivity index (χ0v) is 15.6. The summed E-state index contributed by atoms with van der Waals surface area (Å²) in [6, 6.07) is 5.54. The Hall–Kier alpha value is -3.11. The Bertz CT molecular complexity index is 1060. The molecule has 0 bridgehead atoms. The van der Waals surface area contributed by atoms with Crippen molar-refractivity contribution in [3.8, 4) is 11.3 Å². The number of aromatic nitrogens is 3. The standard InChI is InChI=1S/C19H20FN5O4/c20-14-3-1-13(2-4-14)17-16-18(29-23-17)22-12-25(19(16)27)11-15(26)21-5-6-24-7-9-28-10-8-24/h1-4,12H,5-11H2,(H,21,26). The Kier molecular flexibility index (Phi) is 5.63. The molecule has 1 aromatic carbocycles. The lowest BCUT2D eigenvalue weighted by Crippen LogP contribution is -2.42. The lowest BCUT2D eigenvalue weighted by molar-refractivity contribution is -0.121. The number of rotatable bonds is 6. The Morgan fingerprint density at radius 1 is 1.21 bits per heavy atom. The maximum absolute atomic E-state index is 13.2. The van der Waals surface area contributed by atoms with Crippen LogP contribution in [0.5, 0.6) is 0 Å². The Labute approximate surface area is 165 Å². The predicted octanol–water partition coefficient (Wildman–Crippen LogP) is 0.639. The summed E-state index contributed by atoms with van der Waals surface area (Å²) < 4.78 is 24.8. The summed E-state index contributed by atoms with van der Waals surface area (Å²) in [7, 11) is 0. The molecule has 1 aliphatic rings. The molecule has 2 aromatic heterocycles. The number of hydrogen-bond donors (Lipinski definition) is 1. The van der Waals surface area contributed by atoms with Crippen LogP contribution in [0.3, 0.4) is 0 Å². The number of morpholine rings is 1. The molecule has 0 atom stereocenters. The highest BCUT2D eigenvalue weighted by Crippen LogP contribution is 2.24. The van der Waals surface area contributed by atoms with Crippen molar-refractivity contribution in [3.05, 3.63) is 46.8 Å². The third-order valence-corrected chi connectivity index (χ3v) is 4.75. The van der Waals surface area contributed by atoms with Crippen LogP contribution in [0.4, 0.5) is 4.39 Å². The first-order chi connectivity index (χ1) is 14.1. The van der Waals surface area contributed by atoms with Gasteiger partial charge in [0.25, 0.3) is 11.3 Å². The Balaban J connectivity index is 1.47. The van der Waals surface area contributed by atoms with E-state index in [9.17, 15) is 14.0 Å². The van der Waals surface area contributed by atoms with Crippen LogP contribution >= 0.6 is 0 Å². The molecule has 1 aliphatic heterocycles. The summed E-state index contributed by atoms with van der Waals surface area (Å²) in [4.78, 5) is 31.4. The second-order valence-electron chi connectivity index (χ2n) is 6.70. The molecule has 4 rings (SSSR count). The maximum atomic E-state index is 13.2. The number of benzene rings is 1. The minimum Gasteiger partial charge on any atom is -0.379 e. The first-order valence-corrected chi connectivity index (χ1v) is 9.29. The van der Waals surface area contributed by atoms with Gasteiger partial charge in [0, 0.05) is 31.7 Å². The molecule has 0 saturated carbocycles. The number of nitrogens with zero attached hydrogens (tertiary/aromatic N) is 4. The van der Waals surface area contributed by atoms with Crippen molar-refractivity contribution >= 4 is 17.0 Å². The molecular formula is C19H20FN5O4. The van der Waals surface area contributed by atoms with Gasteiger partial charge in [-0.15, -0.1) is 0 Å². The fraction of sp³-hybridized carbons (Fsp3) is 0.368. The first kappa shape index (κ1) is 19.2. The number of carbonyl (C=O) groups excluding carboxylic acids is 1.